The number of hydrogen-bond donors (Lipinski definition) is 0. The van der Waals surface area contributed by atoms with Gasteiger partial charge in [0.25, 0.3) is 10.1 Å². The molecule has 0 bridgehead atoms. The summed E-state index contributed by atoms with van der Waals surface area (Å²) >= 11 is 0. The molecule has 102 valence electrons. The first-order valence-corrected chi connectivity index (χ1v) is 6.92. The van der Waals surface area contributed by atoms with E-state index in [9.17, 15) is 13.2 Å². The molecule has 19 heavy (non-hydrogen) atoms. The molecule has 0 atom stereocenters. The maximum Gasteiger partial charge on any atom is 0.330 e. The van der Waals surface area contributed by atoms with Crippen molar-refractivity contribution in [3.05, 3.63) is 54.0 Å². The monoisotopic (exact) mass is 282 g/mol. The zero-order chi connectivity index (χ0) is 14.1. The van der Waals surface area contributed by atoms with Crippen LogP contribution in [0.15, 0.2) is 48.4 Å². The first-order valence-electron chi connectivity index (χ1n) is 5.45. The number of carbonyl (C=O) groups excluding carboxylic acids is 1. The second kappa shape index (κ2) is 7.50. The highest BCUT2D eigenvalue weighted by Crippen LogP contribution is 2.04. The van der Waals surface area contributed by atoms with E-state index in [2.05, 4.69) is 15.5 Å². The van der Waals surface area contributed by atoms with Crippen LogP contribution < -0.4 is 0 Å². The summed E-state index contributed by atoms with van der Waals surface area (Å²) < 4.78 is 32.1. The molecule has 0 spiro atoms. The van der Waals surface area contributed by atoms with Gasteiger partial charge in [-0.05, 0) is 11.6 Å². The third-order valence-electron chi connectivity index (χ3n) is 1.97. The average Bonchev–Trinajstić information content (AvgIpc) is 2.42. The van der Waals surface area contributed by atoms with E-state index < -0.39 is 16.1 Å². The van der Waals surface area contributed by atoms with Crippen molar-refractivity contribution in [3.8, 4) is 0 Å². The normalized spacial score (nSPS) is 11.4. The van der Waals surface area contributed by atoms with Crippen LogP contribution in [0.25, 0.3) is 6.08 Å². The van der Waals surface area contributed by atoms with Crippen LogP contribution in [0.4, 0.5) is 0 Å². The fourth-order valence-corrected chi connectivity index (χ4v) is 1.82. The Hall–Kier alpha value is -1.92. The third kappa shape index (κ3) is 6.54. The Balaban J connectivity index is 2.42. The van der Waals surface area contributed by atoms with E-state index in [0.29, 0.717) is 0 Å². The van der Waals surface area contributed by atoms with Crippen molar-refractivity contribution >= 4 is 22.2 Å². The van der Waals surface area contributed by atoms with Gasteiger partial charge in [0.15, 0.2) is 0 Å². The van der Waals surface area contributed by atoms with Gasteiger partial charge < -0.3 is 4.74 Å². The maximum atomic E-state index is 11.4. The fraction of sp³-hybridized carbons (Fsp3) is 0.154. The molecule has 0 saturated carbocycles. The van der Waals surface area contributed by atoms with Crippen molar-refractivity contribution in [2.75, 3.05) is 13.2 Å². The summed E-state index contributed by atoms with van der Waals surface area (Å²) in [4.78, 5) is 10.7. The van der Waals surface area contributed by atoms with Crippen LogP contribution in [0.2, 0.25) is 0 Å². The molecule has 0 N–H and O–H groups in total. The van der Waals surface area contributed by atoms with E-state index >= 15 is 0 Å². The maximum absolute atomic E-state index is 11.4. The Morgan fingerprint density at radius 1 is 1.21 bits per heavy atom. The number of rotatable bonds is 7. The molecular weight excluding hydrogens is 268 g/mol. The molecule has 5 nitrogen and oxygen atoms in total. The van der Waals surface area contributed by atoms with Crippen LogP contribution in [0, 0.1) is 0 Å². The van der Waals surface area contributed by atoms with Crippen molar-refractivity contribution in [3.63, 3.8) is 0 Å². The van der Waals surface area contributed by atoms with Gasteiger partial charge >= 0.3 is 5.97 Å². The van der Waals surface area contributed by atoms with Crippen LogP contribution in [-0.4, -0.2) is 27.6 Å². The van der Waals surface area contributed by atoms with E-state index in [-0.39, 0.29) is 13.2 Å². The molecule has 0 aliphatic rings. The lowest BCUT2D eigenvalue weighted by Gasteiger charge is -2.02. The molecule has 1 aromatic rings. The number of ether oxygens (including phenoxy) is 1. The van der Waals surface area contributed by atoms with Gasteiger partial charge in [-0.1, -0.05) is 36.9 Å². The van der Waals surface area contributed by atoms with Gasteiger partial charge in [-0.2, -0.15) is 8.42 Å². The number of esters is 1. The average molecular weight is 282 g/mol. The fourth-order valence-electron chi connectivity index (χ4n) is 1.12. The largest absolute Gasteiger partial charge is 0.460 e. The van der Waals surface area contributed by atoms with Crippen molar-refractivity contribution in [2.45, 2.75) is 0 Å². The molecule has 0 aromatic heterocycles. The summed E-state index contributed by atoms with van der Waals surface area (Å²) in [5, 5.41) is 0.956. The topological polar surface area (TPSA) is 69.7 Å². The zero-order valence-electron chi connectivity index (χ0n) is 10.2. The summed E-state index contributed by atoms with van der Waals surface area (Å²) in [6, 6.07) is 8.94. The SMILES string of the molecule is C=CC(=O)OCCOS(=O)(=O)C=Cc1ccccc1. The lowest BCUT2D eigenvalue weighted by Crippen LogP contribution is -2.11. The second-order valence-corrected chi connectivity index (χ2v) is 4.89. The summed E-state index contributed by atoms with van der Waals surface area (Å²) in [6.07, 6.45) is 2.41. The van der Waals surface area contributed by atoms with Gasteiger partial charge in [0, 0.05) is 6.08 Å². The van der Waals surface area contributed by atoms with Crippen LogP contribution in [0.1, 0.15) is 5.56 Å². The Morgan fingerprint density at radius 2 is 1.89 bits per heavy atom. The molecule has 0 amide bonds. The van der Waals surface area contributed by atoms with Crippen molar-refractivity contribution in [1.82, 2.24) is 0 Å². The van der Waals surface area contributed by atoms with Crippen LogP contribution in [-0.2, 0) is 23.8 Å². The van der Waals surface area contributed by atoms with Gasteiger partial charge in [0.2, 0.25) is 0 Å². The molecule has 0 unspecified atom stereocenters. The van der Waals surface area contributed by atoms with Gasteiger partial charge in [-0.3, -0.25) is 4.18 Å². The van der Waals surface area contributed by atoms with Gasteiger partial charge in [-0.25, -0.2) is 4.79 Å². The van der Waals surface area contributed by atoms with Crippen molar-refractivity contribution < 1.29 is 22.1 Å². The van der Waals surface area contributed by atoms with E-state index in [1.54, 1.807) is 24.3 Å². The van der Waals surface area contributed by atoms with Gasteiger partial charge in [-0.15, -0.1) is 0 Å². The molecule has 6 heteroatoms. The minimum absolute atomic E-state index is 0.150. The molecule has 0 fully saturated rings. The lowest BCUT2D eigenvalue weighted by atomic mass is 10.2. The van der Waals surface area contributed by atoms with Crippen molar-refractivity contribution in [2.24, 2.45) is 0 Å². The van der Waals surface area contributed by atoms with Crippen LogP contribution in [0.3, 0.4) is 0 Å². The minimum atomic E-state index is -3.78. The van der Waals surface area contributed by atoms with Crippen LogP contribution in [0.5, 0.6) is 0 Å². The highest BCUT2D eigenvalue weighted by atomic mass is 32.2. The summed E-state index contributed by atoms with van der Waals surface area (Å²) in [5.74, 6) is -0.624. The lowest BCUT2D eigenvalue weighted by molar-refractivity contribution is -0.138. The Labute approximate surface area is 112 Å². The Morgan fingerprint density at radius 3 is 2.53 bits per heavy atom. The first kappa shape index (κ1) is 15.1. The second-order valence-electron chi connectivity index (χ2n) is 3.40. The molecule has 0 radical (unpaired) electrons. The minimum Gasteiger partial charge on any atom is -0.460 e. The van der Waals surface area contributed by atoms with E-state index in [4.69, 9.17) is 0 Å². The Kier molecular flexibility index (Phi) is 5.98. The number of hydrogen-bond acceptors (Lipinski definition) is 5. The summed E-state index contributed by atoms with van der Waals surface area (Å²) in [5.41, 5.74) is 0.743. The van der Waals surface area contributed by atoms with Gasteiger partial charge in [0.1, 0.15) is 13.2 Å². The highest BCUT2D eigenvalue weighted by Gasteiger charge is 2.06. The predicted molar refractivity (Wildman–Crippen MR) is 71.5 cm³/mol. The van der Waals surface area contributed by atoms with E-state index in [1.165, 1.54) is 6.08 Å². The summed E-state index contributed by atoms with van der Waals surface area (Å²) in [7, 11) is -3.78. The molecule has 0 saturated heterocycles. The molecule has 0 aliphatic heterocycles. The molecule has 0 aliphatic carbocycles. The predicted octanol–water partition coefficient (Wildman–Crippen LogP) is 1.73. The van der Waals surface area contributed by atoms with Crippen LogP contribution >= 0.6 is 0 Å². The molecule has 1 rings (SSSR count). The smallest absolute Gasteiger partial charge is 0.330 e. The number of carbonyl (C=O) groups is 1. The molecule has 1 aromatic carbocycles. The molecule has 0 heterocycles. The van der Waals surface area contributed by atoms with E-state index in [0.717, 1.165) is 17.0 Å². The standard InChI is InChI=1S/C13H14O5S/c1-2-13(14)17-9-10-18-19(15,16)11-8-12-6-4-3-5-7-12/h2-8,11H,1,9-10H2. The third-order valence-corrected chi connectivity index (χ3v) is 2.93. The zero-order valence-corrected chi connectivity index (χ0v) is 11.0. The quantitative estimate of drug-likeness (QED) is 0.330. The van der Waals surface area contributed by atoms with Crippen molar-refractivity contribution in [1.29, 1.82) is 0 Å². The summed E-state index contributed by atoms with van der Waals surface area (Å²) in [6.45, 7) is 2.82. The Bertz CT molecular complexity index is 546. The highest BCUT2D eigenvalue weighted by molar-refractivity contribution is 7.89. The number of benzene rings is 1. The van der Waals surface area contributed by atoms with Gasteiger partial charge in [0.05, 0.1) is 5.41 Å². The molecular formula is C13H14O5S. The first-order chi connectivity index (χ1) is 9.03. The van der Waals surface area contributed by atoms with E-state index in [1.807, 2.05) is 6.07 Å².